The monoisotopic (exact) mass is 167 g/mol. The molecule has 6 heteroatoms. The Morgan fingerprint density at radius 1 is 0.500 bits per heavy atom. The van der Waals surface area contributed by atoms with Gasteiger partial charge in [0, 0.05) is 0 Å². The fourth-order valence-electron chi connectivity index (χ4n) is 0. The van der Waals surface area contributed by atoms with Gasteiger partial charge in [-0.05, 0) is 0 Å². The molecule has 0 aromatic carbocycles. The van der Waals surface area contributed by atoms with E-state index in [9.17, 15) is 0 Å². The molecule has 0 amide bonds. The molecule has 0 atom stereocenters. The van der Waals surface area contributed by atoms with Gasteiger partial charge in [0.2, 0.25) is 0 Å². The largest absolute Gasteiger partial charge is 5.00 e. The molecule has 0 unspecified atom stereocenters. The van der Waals surface area contributed by atoms with Gasteiger partial charge in [-0.2, -0.15) is 0 Å². The van der Waals surface area contributed by atoms with Crippen LogP contribution in [-0.4, -0.2) is 0 Å². The van der Waals surface area contributed by atoms with E-state index in [-0.39, 0.29) is 57.8 Å². The molecule has 6 heavy (non-hydrogen) atoms. The average molecular weight is 167 g/mol. The fraction of sp³-hybridized carbons (Fsp3) is 0. The molecule has 0 saturated carbocycles. The van der Waals surface area contributed by atoms with Crippen LogP contribution >= 0.6 is 0 Å². The zero-order chi connectivity index (χ0) is 0. The van der Waals surface area contributed by atoms with Crippen LogP contribution in [0.25, 0.3) is 0 Å². The smallest absolute Gasteiger partial charge is 2.00 e. The Labute approximate surface area is 58.2 Å². The molecule has 0 fully saturated rings. The van der Waals surface area contributed by atoms with E-state index in [4.69, 9.17) is 0 Å². The van der Waals surface area contributed by atoms with Crippen molar-refractivity contribution in [3.05, 3.63) is 0 Å². The first-order valence-electron chi connectivity index (χ1n) is 0. The minimum Gasteiger partial charge on any atom is -2.00 e. The van der Waals surface area contributed by atoms with Crippen LogP contribution in [0.4, 0.5) is 0 Å². The topological polar surface area (TPSA) is 114 Å². The van der Waals surface area contributed by atoms with Crippen molar-refractivity contribution in [2.45, 2.75) is 0 Å². The molecular weight excluding hydrogens is 167 g/mol. The molecule has 0 N–H and O–H groups in total. The first-order valence-corrected chi connectivity index (χ1v) is 0. The molecule has 0 saturated heterocycles. The maximum absolute atomic E-state index is 0. The number of hydrogen-bond acceptors (Lipinski definition) is 0. The molecule has 0 aliphatic heterocycles. The van der Waals surface area contributed by atoms with Crippen LogP contribution in [0, 0.1) is 0 Å². The Morgan fingerprint density at radius 3 is 0.500 bits per heavy atom. The molecule has 0 aliphatic carbocycles. The van der Waals surface area contributed by atoms with Gasteiger partial charge in [-0.1, -0.05) is 0 Å². The van der Waals surface area contributed by atoms with Crippen LogP contribution in [0.5, 0.6) is 0 Å². The second-order valence-electron chi connectivity index (χ2n) is 0. The molecule has 0 rings (SSSR count). The van der Waals surface area contributed by atoms with E-state index in [2.05, 4.69) is 0 Å². The minimum absolute atomic E-state index is 0. The zero-order valence-corrected chi connectivity index (χ0v) is 5.16. The van der Waals surface area contributed by atoms with Crippen molar-refractivity contribution < 1.29 is 57.8 Å². The Morgan fingerprint density at radius 2 is 0.500 bits per heavy atom. The first-order chi connectivity index (χ1) is 0. The summed E-state index contributed by atoms with van der Waals surface area (Å²) in [5.41, 5.74) is 0. The van der Waals surface area contributed by atoms with Crippen molar-refractivity contribution in [2.75, 3.05) is 0 Å². The molecule has 0 heterocycles. The average Bonchev–Trinajstić information content (AvgIpc) is 0. The van der Waals surface area contributed by atoms with Gasteiger partial charge in [0.1, 0.15) is 0 Å². The van der Waals surface area contributed by atoms with Crippen molar-refractivity contribution >= 4 is 0 Å². The first kappa shape index (κ1) is 270. The molecule has 0 aromatic heterocycles. The van der Waals surface area contributed by atoms with E-state index in [1.807, 2.05) is 0 Å². The summed E-state index contributed by atoms with van der Waals surface area (Å²) in [4.78, 5) is 0. The summed E-state index contributed by atoms with van der Waals surface area (Å²) in [6.07, 6.45) is 0. The molecule has 0 spiro atoms. The van der Waals surface area contributed by atoms with Crippen molar-refractivity contribution in [3.8, 4) is 0 Å². The Hall–Kier alpha value is 0.957. The van der Waals surface area contributed by atoms with Crippen molar-refractivity contribution in [3.63, 3.8) is 0 Å². The minimum atomic E-state index is 0. The summed E-state index contributed by atoms with van der Waals surface area (Å²) in [5.74, 6) is 0. The predicted molar refractivity (Wildman–Crippen MR) is 2.75 cm³/mol. The van der Waals surface area contributed by atoms with E-state index in [0.29, 0.717) is 0 Å². The third-order valence-corrected chi connectivity index (χ3v) is 0. The van der Waals surface area contributed by atoms with Crippen LogP contribution in [-0.2, 0) is 57.8 Å². The Kier molecular flexibility index (Phi) is 7180. The SMILES string of the molecule is [Cr+3].[O-2].[O-2].[O-2].[O-2].[V+5]. The standard InChI is InChI=1S/Cr.4O.V/q+3;4*-2;+5. The summed E-state index contributed by atoms with van der Waals surface area (Å²) in [6.45, 7) is 0. The van der Waals surface area contributed by atoms with Crippen LogP contribution in [0.2, 0.25) is 0 Å². The van der Waals surface area contributed by atoms with E-state index in [0.717, 1.165) is 0 Å². The van der Waals surface area contributed by atoms with Gasteiger partial charge >= 0.3 is 35.9 Å². The van der Waals surface area contributed by atoms with Crippen LogP contribution in [0.15, 0.2) is 0 Å². The van der Waals surface area contributed by atoms with Crippen molar-refractivity contribution in [1.82, 2.24) is 0 Å². The predicted octanol–water partition coefficient (Wildman–Crippen LogP) is -0.480. The summed E-state index contributed by atoms with van der Waals surface area (Å²) >= 11 is 0. The summed E-state index contributed by atoms with van der Waals surface area (Å²) in [5, 5.41) is 0. The summed E-state index contributed by atoms with van der Waals surface area (Å²) in [6, 6.07) is 0. The summed E-state index contributed by atoms with van der Waals surface area (Å²) in [7, 11) is 0. The maximum Gasteiger partial charge on any atom is 5.00 e. The second-order valence-corrected chi connectivity index (χ2v) is 0. The molecule has 1 radical (unpaired) electrons. The molecule has 4 nitrogen and oxygen atoms in total. The summed E-state index contributed by atoms with van der Waals surface area (Å²) < 4.78 is 0. The quantitative estimate of drug-likeness (QED) is 0.463. The second kappa shape index (κ2) is 160. The van der Waals surface area contributed by atoms with Gasteiger partial charge in [0.05, 0.1) is 0 Å². The van der Waals surface area contributed by atoms with Gasteiger partial charge in [0.25, 0.3) is 0 Å². The Balaban J connectivity index is 0. The molecule has 35 valence electrons. The molecular formula is CrO4V. The van der Waals surface area contributed by atoms with Gasteiger partial charge in [0.15, 0.2) is 0 Å². The number of rotatable bonds is 0. The zero-order valence-electron chi connectivity index (χ0n) is 2.49. The molecule has 0 aliphatic rings. The fourth-order valence-corrected chi connectivity index (χ4v) is 0. The van der Waals surface area contributed by atoms with E-state index in [1.165, 1.54) is 0 Å². The third kappa shape index (κ3) is 84.8. The molecule has 0 bridgehead atoms. The van der Waals surface area contributed by atoms with Gasteiger partial charge in [-0.15, -0.1) is 0 Å². The maximum atomic E-state index is 0. The van der Waals surface area contributed by atoms with Gasteiger partial charge in [-0.3, -0.25) is 0 Å². The van der Waals surface area contributed by atoms with E-state index < -0.39 is 0 Å². The molecule has 0 aromatic rings. The van der Waals surface area contributed by atoms with Crippen molar-refractivity contribution in [2.24, 2.45) is 0 Å². The van der Waals surface area contributed by atoms with E-state index in [1.54, 1.807) is 0 Å². The third-order valence-electron chi connectivity index (χ3n) is 0. The van der Waals surface area contributed by atoms with Crippen molar-refractivity contribution in [1.29, 1.82) is 0 Å². The van der Waals surface area contributed by atoms with E-state index >= 15 is 0 Å². The van der Waals surface area contributed by atoms with Crippen LogP contribution in [0.3, 0.4) is 0 Å². The Bertz CT molecular complexity index is 7.51. The van der Waals surface area contributed by atoms with Crippen LogP contribution < -0.4 is 0 Å². The van der Waals surface area contributed by atoms with Crippen LogP contribution in [0.1, 0.15) is 0 Å². The number of hydrogen-bond donors (Lipinski definition) is 0. The normalized spacial score (nSPS) is 0. The van der Waals surface area contributed by atoms with Gasteiger partial charge < -0.3 is 21.9 Å². The van der Waals surface area contributed by atoms with Gasteiger partial charge in [-0.25, -0.2) is 0 Å².